The summed E-state index contributed by atoms with van der Waals surface area (Å²) in [5.41, 5.74) is 2.19. The van der Waals surface area contributed by atoms with Gasteiger partial charge in [-0.1, -0.05) is 18.2 Å². The lowest BCUT2D eigenvalue weighted by Crippen LogP contribution is -2.20. The average Bonchev–Trinajstić information content (AvgIpc) is 2.61. The fourth-order valence-electron chi connectivity index (χ4n) is 2.23. The van der Waals surface area contributed by atoms with Gasteiger partial charge in [-0.3, -0.25) is 9.59 Å². The molecule has 2 rings (SSSR count). The molecule has 0 spiro atoms. The van der Waals surface area contributed by atoms with E-state index in [1.54, 1.807) is 37.4 Å². The number of allylic oxidation sites excluding steroid dienone is 1. The molecule has 0 aliphatic carbocycles. The lowest BCUT2D eigenvalue weighted by atomic mass is 10.1. The molecule has 1 N–H and O–H groups in total. The summed E-state index contributed by atoms with van der Waals surface area (Å²) in [6.07, 6.45) is 3.88. The highest BCUT2D eigenvalue weighted by molar-refractivity contribution is 5.95. The molecule has 0 heterocycles. The lowest BCUT2D eigenvalue weighted by Gasteiger charge is -2.11. The van der Waals surface area contributed by atoms with Crippen LogP contribution in [0.4, 0.5) is 5.69 Å². The largest absolute Gasteiger partial charge is 0.493 e. The fraction of sp³-hybridized carbons (Fsp3) is 0.200. The van der Waals surface area contributed by atoms with E-state index in [-0.39, 0.29) is 18.3 Å². The van der Waals surface area contributed by atoms with Gasteiger partial charge >= 0.3 is 0 Å². The first kappa shape index (κ1) is 18.3. The molecule has 0 saturated heterocycles. The minimum absolute atomic E-state index is 0.0188. The third-order valence-electron chi connectivity index (χ3n) is 3.48. The minimum atomic E-state index is -0.296. The van der Waals surface area contributed by atoms with Gasteiger partial charge in [0.2, 0.25) is 0 Å². The maximum absolute atomic E-state index is 12.0. The van der Waals surface area contributed by atoms with E-state index in [1.807, 2.05) is 31.2 Å². The molecule has 0 saturated carbocycles. The van der Waals surface area contributed by atoms with Crippen molar-refractivity contribution in [3.63, 3.8) is 0 Å². The second kappa shape index (κ2) is 8.68. The average molecular weight is 339 g/mol. The third kappa shape index (κ3) is 5.21. The topological polar surface area (TPSA) is 64.6 Å². The number of carbonyl (C=O) groups excluding carboxylic acids is 2. The molecule has 0 bridgehead atoms. The van der Waals surface area contributed by atoms with Gasteiger partial charge in [-0.2, -0.15) is 0 Å². The smallest absolute Gasteiger partial charge is 0.262 e. The Morgan fingerprint density at radius 3 is 2.40 bits per heavy atom. The highest BCUT2D eigenvalue weighted by Gasteiger charge is 2.09. The summed E-state index contributed by atoms with van der Waals surface area (Å²) in [4.78, 5) is 23.3. The van der Waals surface area contributed by atoms with Crippen molar-refractivity contribution in [2.45, 2.75) is 13.8 Å². The van der Waals surface area contributed by atoms with E-state index < -0.39 is 0 Å². The normalized spacial score (nSPS) is 10.5. The van der Waals surface area contributed by atoms with E-state index >= 15 is 0 Å². The number of methoxy groups -OCH3 is 1. The molecule has 5 heteroatoms. The molecular formula is C20H21NO4. The van der Waals surface area contributed by atoms with Crippen LogP contribution in [0.5, 0.6) is 11.5 Å². The van der Waals surface area contributed by atoms with E-state index in [4.69, 9.17) is 9.47 Å². The third-order valence-corrected chi connectivity index (χ3v) is 3.48. The number of Topliss-reactive ketones (excluding diaryl/α,β-unsaturated/α-hetero) is 1. The summed E-state index contributed by atoms with van der Waals surface area (Å²) >= 11 is 0. The van der Waals surface area contributed by atoms with Crippen LogP contribution in [0.1, 0.15) is 29.8 Å². The Bertz CT molecular complexity index is 779. The van der Waals surface area contributed by atoms with E-state index in [2.05, 4.69) is 5.32 Å². The predicted molar refractivity (Wildman–Crippen MR) is 98.3 cm³/mol. The first-order valence-corrected chi connectivity index (χ1v) is 7.88. The molecule has 0 atom stereocenters. The van der Waals surface area contributed by atoms with Crippen molar-refractivity contribution in [3.8, 4) is 11.5 Å². The van der Waals surface area contributed by atoms with Crippen molar-refractivity contribution in [3.05, 3.63) is 59.7 Å². The van der Waals surface area contributed by atoms with E-state index in [0.29, 0.717) is 22.7 Å². The standard InChI is InChI=1S/C20H21NO4/c1-4-5-15-6-11-18(19(12-15)24-3)25-13-20(23)21-17-9-7-16(8-10-17)14(2)22/h4-12H,13H2,1-3H3,(H,21,23)/b5-4+. The first-order chi connectivity index (χ1) is 12.0. The van der Waals surface area contributed by atoms with Crippen LogP contribution in [0, 0.1) is 0 Å². The molecule has 2 aromatic rings. The highest BCUT2D eigenvalue weighted by atomic mass is 16.5. The van der Waals surface area contributed by atoms with Gasteiger partial charge in [-0.15, -0.1) is 0 Å². The van der Waals surface area contributed by atoms with Crippen molar-refractivity contribution >= 4 is 23.5 Å². The van der Waals surface area contributed by atoms with Crippen molar-refractivity contribution in [2.24, 2.45) is 0 Å². The summed E-state index contributed by atoms with van der Waals surface area (Å²) in [7, 11) is 1.55. The molecule has 130 valence electrons. The summed E-state index contributed by atoms with van der Waals surface area (Å²) in [6.45, 7) is 3.29. The van der Waals surface area contributed by atoms with Gasteiger partial charge < -0.3 is 14.8 Å². The quantitative estimate of drug-likeness (QED) is 0.776. The number of amides is 1. The maximum Gasteiger partial charge on any atom is 0.262 e. The number of carbonyl (C=O) groups is 2. The number of hydrogen-bond donors (Lipinski definition) is 1. The van der Waals surface area contributed by atoms with E-state index in [0.717, 1.165) is 5.56 Å². The number of ketones is 1. The molecule has 25 heavy (non-hydrogen) atoms. The molecule has 1 amide bonds. The van der Waals surface area contributed by atoms with Crippen LogP contribution in [0.3, 0.4) is 0 Å². The molecule has 0 aliphatic heterocycles. The monoisotopic (exact) mass is 339 g/mol. The van der Waals surface area contributed by atoms with Crippen LogP contribution < -0.4 is 14.8 Å². The molecule has 0 radical (unpaired) electrons. The molecule has 0 unspecified atom stereocenters. The Hall–Kier alpha value is -3.08. The maximum atomic E-state index is 12.0. The second-order valence-electron chi connectivity index (χ2n) is 5.38. The van der Waals surface area contributed by atoms with Crippen LogP contribution in [0.25, 0.3) is 6.08 Å². The summed E-state index contributed by atoms with van der Waals surface area (Å²) in [5, 5.41) is 2.72. The SMILES string of the molecule is C/C=C/c1ccc(OCC(=O)Nc2ccc(C(C)=O)cc2)c(OC)c1. The number of ether oxygens (including phenoxy) is 2. The first-order valence-electron chi connectivity index (χ1n) is 7.88. The Kier molecular flexibility index (Phi) is 6.34. The molecule has 0 fully saturated rings. The van der Waals surface area contributed by atoms with Crippen LogP contribution >= 0.6 is 0 Å². The number of nitrogens with one attached hydrogen (secondary N) is 1. The summed E-state index contributed by atoms with van der Waals surface area (Å²) < 4.78 is 10.8. The fourth-order valence-corrected chi connectivity index (χ4v) is 2.23. The number of benzene rings is 2. The Labute approximate surface area is 147 Å². The Morgan fingerprint density at radius 2 is 1.80 bits per heavy atom. The zero-order valence-corrected chi connectivity index (χ0v) is 14.5. The van der Waals surface area contributed by atoms with Crippen molar-refractivity contribution in [2.75, 3.05) is 19.0 Å². The van der Waals surface area contributed by atoms with Crippen LogP contribution in [-0.2, 0) is 4.79 Å². The van der Waals surface area contributed by atoms with E-state index in [9.17, 15) is 9.59 Å². The van der Waals surface area contributed by atoms with Crippen molar-refractivity contribution in [1.29, 1.82) is 0 Å². The van der Waals surface area contributed by atoms with Crippen LogP contribution in [0.2, 0.25) is 0 Å². The van der Waals surface area contributed by atoms with Crippen LogP contribution in [0.15, 0.2) is 48.5 Å². The molecule has 0 aliphatic rings. The molecule has 2 aromatic carbocycles. The van der Waals surface area contributed by atoms with Gasteiger partial charge in [-0.05, 0) is 55.8 Å². The van der Waals surface area contributed by atoms with Gasteiger partial charge in [0.1, 0.15) is 0 Å². The Balaban J connectivity index is 1.96. The lowest BCUT2D eigenvalue weighted by molar-refractivity contribution is -0.118. The Morgan fingerprint density at radius 1 is 1.08 bits per heavy atom. The minimum Gasteiger partial charge on any atom is -0.493 e. The zero-order chi connectivity index (χ0) is 18.2. The predicted octanol–water partition coefficient (Wildman–Crippen LogP) is 3.95. The number of hydrogen-bond acceptors (Lipinski definition) is 4. The molecule has 5 nitrogen and oxygen atoms in total. The van der Waals surface area contributed by atoms with Gasteiger partial charge in [0.05, 0.1) is 7.11 Å². The van der Waals surface area contributed by atoms with Gasteiger partial charge in [-0.25, -0.2) is 0 Å². The summed E-state index contributed by atoms with van der Waals surface area (Å²) in [6, 6.07) is 12.2. The van der Waals surface area contributed by atoms with Crippen LogP contribution in [-0.4, -0.2) is 25.4 Å². The van der Waals surface area contributed by atoms with Gasteiger partial charge in [0.25, 0.3) is 5.91 Å². The van der Waals surface area contributed by atoms with E-state index in [1.165, 1.54) is 6.92 Å². The van der Waals surface area contributed by atoms with Crippen molar-refractivity contribution in [1.82, 2.24) is 0 Å². The second-order valence-corrected chi connectivity index (χ2v) is 5.38. The number of anilines is 1. The molecule has 0 aromatic heterocycles. The van der Waals surface area contributed by atoms with Gasteiger partial charge in [0.15, 0.2) is 23.9 Å². The highest BCUT2D eigenvalue weighted by Crippen LogP contribution is 2.28. The van der Waals surface area contributed by atoms with Gasteiger partial charge in [0, 0.05) is 11.3 Å². The zero-order valence-electron chi connectivity index (χ0n) is 14.5. The molecular weight excluding hydrogens is 318 g/mol. The van der Waals surface area contributed by atoms with Crippen molar-refractivity contribution < 1.29 is 19.1 Å². The number of rotatable bonds is 7. The summed E-state index contributed by atoms with van der Waals surface area (Å²) in [5.74, 6) is 0.747.